The molecule has 0 aliphatic heterocycles. The maximum absolute atomic E-state index is 13.3. The van der Waals surface area contributed by atoms with Gasteiger partial charge >= 0.3 is 30.8 Å². The van der Waals surface area contributed by atoms with Crippen LogP contribution in [0.5, 0.6) is 0 Å². The number of H-pyrrole nitrogens is 1. The first-order chi connectivity index (χ1) is 34.6. The zero-order chi connectivity index (χ0) is 56.3. The topological polar surface area (TPSA) is 483 Å². The predicted octanol–water partition coefficient (Wildman–Crippen LogP) is -1.74. The average Bonchev–Trinajstić information content (AvgIpc) is 3.33. The van der Waals surface area contributed by atoms with Gasteiger partial charge in [0.15, 0.2) is 28.7 Å². The van der Waals surface area contributed by atoms with Crippen molar-refractivity contribution in [3.63, 3.8) is 0 Å². The van der Waals surface area contributed by atoms with Crippen molar-refractivity contribution in [1.29, 1.82) is 0 Å². The molecule has 396 valence electrons. The minimum absolute atomic E-state index is 0. The molecule has 11 N–H and O–H groups in total. The fourth-order valence-electron chi connectivity index (χ4n) is 5.69. The van der Waals surface area contributed by atoms with Crippen LogP contribution in [0, 0.1) is 11.8 Å². The van der Waals surface area contributed by atoms with Gasteiger partial charge in [0.25, 0.3) is 11.5 Å². The summed E-state index contributed by atoms with van der Waals surface area (Å²) in [5.74, 6) is -3.10. The number of amides is 3. The van der Waals surface area contributed by atoms with Gasteiger partial charge in [-0.15, -0.1) is 0 Å². The lowest BCUT2D eigenvalue weighted by Crippen LogP contribution is -2.46. The number of nitrogen functional groups attached to an aromatic ring is 1. The van der Waals surface area contributed by atoms with E-state index < -0.39 is 41.3 Å². The summed E-state index contributed by atoms with van der Waals surface area (Å²) in [5.41, 5.74) is 17.7. The van der Waals surface area contributed by atoms with Crippen LogP contribution in [0.15, 0.2) is 40.2 Å². The Morgan fingerprint density at radius 2 is 1.30 bits per heavy atom. The number of aromatic amines is 1. The van der Waals surface area contributed by atoms with Crippen LogP contribution in [-0.2, 0) is 78.5 Å². The number of thiol groups is 1. The van der Waals surface area contributed by atoms with Gasteiger partial charge in [-0.05, 0) is 62.6 Å². The number of hydrogen-bond donors (Lipinski definition) is 9. The molecule has 0 saturated carbocycles. The normalized spacial score (nSPS) is 10.9. The first-order valence-electron chi connectivity index (χ1n) is 21.1. The summed E-state index contributed by atoms with van der Waals surface area (Å²) in [6, 6.07) is 5.04. The number of nitrogens with one attached hydrogen (secondary N) is 5. The average molecular weight is 1050 g/mol. The third-order valence-electron chi connectivity index (χ3n) is 9.03. The van der Waals surface area contributed by atoms with Crippen molar-refractivity contribution in [3.8, 4) is 0 Å². The van der Waals surface area contributed by atoms with Crippen LogP contribution in [-0.4, -0.2) is 123 Å². The summed E-state index contributed by atoms with van der Waals surface area (Å²) in [6.45, 7) is 5.45. The van der Waals surface area contributed by atoms with Gasteiger partial charge in [-0.3, -0.25) is 43.5 Å². The summed E-state index contributed by atoms with van der Waals surface area (Å²) in [6.07, 6.45) is 4.38. The molecule has 2 heterocycles. The Kier molecular flexibility index (Phi) is 39.2. The van der Waals surface area contributed by atoms with Gasteiger partial charge in [-0.2, -0.15) is 65.6 Å². The van der Waals surface area contributed by atoms with Crippen molar-refractivity contribution >= 4 is 107 Å². The number of anilines is 2. The number of ketones is 3. The fourth-order valence-corrected chi connectivity index (χ4v) is 5.85. The molecule has 0 radical (unpaired) electrons. The highest BCUT2D eigenvalue weighted by molar-refractivity contribution is 7.80. The number of rotatable bonds is 25. The number of guanidine groups is 1. The van der Waals surface area contributed by atoms with E-state index in [1.165, 1.54) is 6.20 Å². The monoisotopic (exact) mass is 1050 g/mol. The minimum Gasteiger partial charge on any atom is -0.379 e. The first-order valence-corrected chi connectivity index (χ1v) is 21.7. The van der Waals surface area contributed by atoms with E-state index in [2.05, 4.69) is 58.8 Å². The molecule has 73 heavy (non-hydrogen) atoms. The van der Waals surface area contributed by atoms with Crippen LogP contribution >= 0.6 is 12.6 Å². The van der Waals surface area contributed by atoms with Gasteiger partial charge in [0, 0.05) is 63.3 Å². The fraction of sp³-hybridized carbons (Fsp3) is 0.442. The van der Waals surface area contributed by atoms with E-state index in [4.69, 9.17) is 65.1 Å². The highest BCUT2D eigenvalue weighted by Gasteiger charge is 2.28. The van der Waals surface area contributed by atoms with Gasteiger partial charge < -0.3 is 38.5 Å². The zero-order valence-electron chi connectivity index (χ0n) is 39.6. The largest absolute Gasteiger partial charge is 0.379 e. The second-order valence-electron chi connectivity index (χ2n) is 14.4. The highest BCUT2D eigenvalue weighted by atomic mass is 32.1. The van der Waals surface area contributed by atoms with Gasteiger partial charge in [-0.25, -0.2) is 9.97 Å². The van der Waals surface area contributed by atoms with Gasteiger partial charge in [0.05, 0.1) is 30.5 Å². The number of carbonyl (C=O) groups excluding carboxylic acids is 16. The molecule has 4 atom stereocenters. The van der Waals surface area contributed by atoms with Crippen molar-refractivity contribution in [3.05, 3.63) is 52.1 Å². The maximum atomic E-state index is 13.3. The van der Waals surface area contributed by atoms with E-state index in [1.807, 2.05) is 0 Å². The number of nitrogens with two attached hydrogens (primary N) is 3. The molecule has 30 heteroatoms. The molecule has 1 aromatic carbocycles. The Labute approximate surface area is 421 Å². The Morgan fingerprint density at radius 3 is 1.85 bits per heavy atom. The maximum Gasteiger partial charge on any atom is 0.373 e. The van der Waals surface area contributed by atoms with Crippen molar-refractivity contribution < 1.29 is 78.1 Å². The Morgan fingerprint density at radius 1 is 0.753 bits per heavy atom. The zero-order valence-corrected chi connectivity index (χ0v) is 40.5. The van der Waals surface area contributed by atoms with Crippen LogP contribution < -0.4 is 44.0 Å². The molecule has 3 aromatic rings. The van der Waals surface area contributed by atoms with E-state index in [-0.39, 0.29) is 130 Å². The summed E-state index contributed by atoms with van der Waals surface area (Å²) >= 11 is 4.10. The van der Waals surface area contributed by atoms with Crippen LogP contribution in [0.1, 0.15) is 89.6 Å². The number of nitrogens with zero attached hydrogens (tertiary/aromatic N) is 4. The summed E-state index contributed by atoms with van der Waals surface area (Å²) in [4.78, 5) is 189. The molecule has 0 unspecified atom stereocenters. The molecule has 0 fully saturated rings. The van der Waals surface area contributed by atoms with Crippen LogP contribution in [0.25, 0.3) is 11.2 Å². The molecule has 0 aliphatic rings. The molecular weight excluding hydrogens is 989 g/mol. The van der Waals surface area contributed by atoms with E-state index in [0.717, 1.165) is 0 Å². The Bertz CT molecular complexity index is 2440. The lowest BCUT2D eigenvalue weighted by Gasteiger charge is -2.22. The SMILES string of the molecule is C[C@H](CC(=O)[C@@H](CCCN=C(N)N)NC(=O)[C@H](C)CC(=O)CCCNC(=O)c1ccc(NCc2cnc3nc(N)[nH]c(=O)c3n2)cc1)C(=O)N[C@@H](C)C(=O)CCCS.O=C=O.O=C=O.O=C=O.O=C=O.O=C=O.[2HH]. The van der Waals surface area contributed by atoms with Crippen molar-refractivity contribution in [2.45, 2.75) is 90.8 Å². The number of fused-ring (bicyclic) bond motifs is 1. The molecule has 0 aliphatic carbocycles. The van der Waals surface area contributed by atoms with E-state index in [1.54, 1.807) is 45.0 Å². The molecule has 2 aromatic heterocycles. The Balaban J connectivity index is -0.00000136. The smallest absolute Gasteiger partial charge is 0.373 e. The van der Waals surface area contributed by atoms with Gasteiger partial charge in [-0.1, -0.05) is 13.8 Å². The van der Waals surface area contributed by atoms with E-state index >= 15 is 0 Å². The quantitative estimate of drug-likeness (QED) is 0.0197. The number of aromatic nitrogens is 4. The molecule has 3 amide bonds. The molecule has 3 rings (SSSR count). The van der Waals surface area contributed by atoms with E-state index in [9.17, 15) is 33.6 Å². The number of hydrogen-bond acceptors (Lipinski definition) is 24. The van der Waals surface area contributed by atoms with Crippen LogP contribution in [0.3, 0.4) is 0 Å². The van der Waals surface area contributed by atoms with Crippen molar-refractivity contribution in [1.82, 2.24) is 35.9 Å². The number of benzene rings is 1. The number of carbonyl (C=O) groups is 6. The predicted molar refractivity (Wildman–Crippen MR) is 250 cm³/mol. The third-order valence-corrected chi connectivity index (χ3v) is 9.35. The highest BCUT2D eigenvalue weighted by Crippen LogP contribution is 2.14. The standard InChI is InChI=1S/C38H54N12O7S.5CO2.H2/c1-21(34(55)48-28(8-5-15-43-37(39)40)30(53)18-22(2)33(54)46-23(3)29(52)9-6-16-58)17-27(51)7-4-14-42-35(56)24-10-12-25(13-11-24)44-19-26-20-45-32-31(47-26)36(57)50-38(41)49-32;5*2-1-3;/h10-13,20-23,28,44,58H,4-9,14-19H2,1-3H3,(H,42,56)(H,46,54)(H,48,55)(H4,39,40,43)(H3,41,45,49,50,57);;;;;;1H/t21-,22-,23+,28-;;;;;;/m1....../s1/i;;;;;;1+1. The van der Waals surface area contributed by atoms with Crippen LogP contribution in [0.4, 0.5) is 11.6 Å². The number of Topliss-reactive ketones (excluding diaryl/α,β-unsaturated/α-hetero) is 3. The minimum atomic E-state index is -0.951. The molecule has 0 saturated heterocycles. The molecule has 29 nitrogen and oxygen atoms in total. The van der Waals surface area contributed by atoms with Gasteiger partial charge in [0.1, 0.15) is 5.78 Å². The summed E-state index contributed by atoms with van der Waals surface area (Å²) < 4.78 is 0. The summed E-state index contributed by atoms with van der Waals surface area (Å²) in [7, 11) is 0. The molecular formula is C43H56N12O17S. The third kappa shape index (κ3) is 32.4. The Hall–Kier alpha value is -9.02. The van der Waals surface area contributed by atoms with Crippen molar-refractivity contribution in [2.24, 2.45) is 28.3 Å². The second-order valence-corrected chi connectivity index (χ2v) is 14.9. The second kappa shape index (κ2) is 41.9. The molecule has 0 spiro atoms. The lowest BCUT2D eigenvalue weighted by atomic mass is 9.95. The first kappa shape index (κ1) is 68.2. The number of aliphatic imine (C=N–C) groups is 1. The van der Waals surface area contributed by atoms with Crippen molar-refractivity contribution in [2.75, 3.05) is 29.9 Å². The van der Waals surface area contributed by atoms with Crippen LogP contribution in [0.2, 0.25) is 0 Å². The van der Waals surface area contributed by atoms with E-state index in [0.29, 0.717) is 42.0 Å². The lowest BCUT2D eigenvalue weighted by molar-refractivity contribution is -0.193. The van der Waals surface area contributed by atoms with Gasteiger partial charge in [0.2, 0.25) is 17.8 Å². The molecule has 0 bridgehead atoms. The summed E-state index contributed by atoms with van der Waals surface area (Å²) in [5, 5.41) is 11.3.